The lowest BCUT2D eigenvalue weighted by Gasteiger charge is -2.00. The highest BCUT2D eigenvalue weighted by Gasteiger charge is 2.02. The van der Waals surface area contributed by atoms with Crippen LogP contribution in [0.25, 0.3) is 5.69 Å². The summed E-state index contributed by atoms with van der Waals surface area (Å²) in [5.41, 5.74) is 6.69. The summed E-state index contributed by atoms with van der Waals surface area (Å²) in [7, 11) is 0. The van der Waals surface area contributed by atoms with E-state index in [9.17, 15) is 4.79 Å². The first-order valence-electron chi connectivity index (χ1n) is 4.30. The summed E-state index contributed by atoms with van der Waals surface area (Å²) in [6.45, 7) is 0. The number of amides is 1. The maximum Gasteiger partial charge on any atom is 0.250 e. The molecule has 2 rings (SSSR count). The molecule has 4 heteroatoms. The number of primary amides is 1. The van der Waals surface area contributed by atoms with Crippen molar-refractivity contribution in [2.45, 2.75) is 0 Å². The molecular weight excluding hydrogens is 212 g/mol. The van der Waals surface area contributed by atoms with Crippen LogP contribution in [0.5, 0.6) is 0 Å². The number of para-hydroxylation sites is 1. The van der Waals surface area contributed by atoms with E-state index in [1.165, 1.54) is 0 Å². The van der Waals surface area contributed by atoms with E-state index < -0.39 is 5.91 Å². The summed E-state index contributed by atoms with van der Waals surface area (Å²) in [5, 5.41) is 0. The highest BCUT2D eigenvalue weighted by Crippen LogP contribution is 2.09. The molecule has 0 atom stereocenters. The summed E-state index contributed by atoms with van der Waals surface area (Å²) in [4.78, 5) is 10.9. The summed E-state index contributed by atoms with van der Waals surface area (Å²) in [6, 6.07) is 11.5. The van der Waals surface area contributed by atoms with E-state index >= 15 is 0 Å². The maximum atomic E-state index is 10.9. The second-order valence-corrected chi connectivity index (χ2v) is 3.01. The Morgan fingerprint density at radius 2 is 1.80 bits per heavy atom. The lowest BCUT2D eigenvalue weighted by Crippen LogP contribution is -2.09. The monoisotopic (exact) mass is 222 g/mol. The van der Waals surface area contributed by atoms with Crippen molar-refractivity contribution >= 4 is 18.3 Å². The van der Waals surface area contributed by atoms with Gasteiger partial charge in [0, 0.05) is 18.1 Å². The van der Waals surface area contributed by atoms with Gasteiger partial charge < -0.3 is 10.3 Å². The number of hydrogen-bond acceptors (Lipinski definition) is 1. The second-order valence-electron chi connectivity index (χ2n) is 3.01. The van der Waals surface area contributed by atoms with Crippen LogP contribution in [0.1, 0.15) is 10.4 Å². The molecule has 0 bridgehead atoms. The third-order valence-corrected chi connectivity index (χ3v) is 2.03. The molecule has 1 aromatic heterocycles. The van der Waals surface area contributed by atoms with Crippen LogP contribution < -0.4 is 5.73 Å². The molecule has 78 valence electrons. The Morgan fingerprint density at radius 3 is 2.33 bits per heavy atom. The summed E-state index contributed by atoms with van der Waals surface area (Å²) < 4.78 is 1.86. The van der Waals surface area contributed by atoms with Gasteiger partial charge in [-0.1, -0.05) is 18.2 Å². The fourth-order valence-corrected chi connectivity index (χ4v) is 1.30. The normalized spacial score (nSPS) is 9.33. The minimum Gasteiger partial charge on any atom is -0.366 e. The first-order valence-corrected chi connectivity index (χ1v) is 4.30. The largest absolute Gasteiger partial charge is 0.366 e. The molecule has 1 aromatic carbocycles. The van der Waals surface area contributed by atoms with Gasteiger partial charge in [0.1, 0.15) is 0 Å². The lowest BCUT2D eigenvalue weighted by atomic mass is 10.3. The van der Waals surface area contributed by atoms with Gasteiger partial charge in [0.2, 0.25) is 5.91 Å². The molecule has 0 aliphatic rings. The zero-order valence-corrected chi connectivity index (χ0v) is 8.78. The van der Waals surface area contributed by atoms with Gasteiger partial charge in [0.05, 0.1) is 5.56 Å². The molecular formula is C11H11ClN2O. The third-order valence-electron chi connectivity index (χ3n) is 2.03. The number of benzene rings is 1. The Hall–Kier alpha value is -1.74. The van der Waals surface area contributed by atoms with Crippen LogP contribution in [-0.4, -0.2) is 10.5 Å². The van der Waals surface area contributed by atoms with E-state index in [-0.39, 0.29) is 12.4 Å². The van der Waals surface area contributed by atoms with E-state index in [4.69, 9.17) is 5.73 Å². The fourth-order valence-electron chi connectivity index (χ4n) is 1.30. The van der Waals surface area contributed by atoms with Crippen molar-refractivity contribution in [3.63, 3.8) is 0 Å². The number of carbonyl (C=O) groups is 1. The van der Waals surface area contributed by atoms with E-state index in [0.29, 0.717) is 5.56 Å². The summed E-state index contributed by atoms with van der Waals surface area (Å²) in [6.07, 6.45) is 3.53. The zero-order valence-electron chi connectivity index (χ0n) is 7.96. The highest BCUT2D eigenvalue weighted by molar-refractivity contribution is 5.92. The third kappa shape index (κ3) is 2.39. The average Bonchev–Trinajstić information content (AvgIpc) is 2.68. The van der Waals surface area contributed by atoms with Crippen LogP contribution in [-0.2, 0) is 0 Å². The maximum absolute atomic E-state index is 10.9. The van der Waals surface area contributed by atoms with Crippen molar-refractivity contribution < 1.29 is 4.79 Å². The van der Waals surface area contributed by atoms with Crippen molar-refractivity contribution in [1.29, 1.82) is 0 Å². The Labute approximate surface area is 93.9 Å². The van der Waals surface area contributed by atoms with Crippen LogP contribution in [0, 0.1) is 0 Å². The SMILES string of the molecule is Cl.NC(=O)c1ccn(-c2ccccc2)c1. The van der Waals surface area contributed by atoms with Gasteiger partial charge in [-0.3, -0.25) is 4.79 Å². The van der Waals surface area contributed by atoms with Crippen LogP contribution in [0.15, 0.2) is 48.8 Å². The smallest absolute Gasteiger partial charge is 0.250 e. The Bertz CT molecular complexity index is 451. The van der Waals surface area contributed by atoms with Gasteiger partial charge in [0.15, 0.2) is 0 Å². The number of hydrogen-bond donors (Lipinski definition) is 1. The van der Waals surface area contributed by atoms with Crippen LogP contribution >= 0.6 is 12.4 Å². The van der Waals surface area contributed by atoms with Gasteiger partial charge in [0.25, 0.3) is 0 Å². The van der Waals surface area contributed by atoms with Gasteiger partial charge in [-0.25, -0.2) is 0 Å². The van der Waals surface area contributed by atoms with E-state index in [1.54, 1.807) is 12.3 Å². The number of rotatable bonds is 2. The average molecular weight is 223 g/mol. The number of carbonyl (C=O) groups excluding carboxylic acids is 1. The molecule has 0 aliphatic heterocycles. The highest BCUT2D eigenvalue weighted by atomic mass is 35.5. The van der Waals surface area contributed by atoms with Gasteiger partial charge >= 0.3 is 0 Å². The molecule has 0 radical (unpaired) electrons. The predicted molar refractivity (Wildman–Crippen MR) is 61.5 cm³/mol. The molecule has 0 spiro atoms. The summed E-state index contributed by atoms with van der Waals surface area (Å²) in [5.74, 6) is -0.403. The molecule has 0 aliphatic carbocycles. The van der Waals surface area contributed by atoms with Crippen LogP contribution in [0.4, 0.5) is 0 Å². The Balaban J connectivity index is 0.00000112. The van der Waals surface area contributed by atoms with E-state index in [2.05, 4.69) is 0 Å². The molecule has 1 heterocycles. The van der Waals surface area contributed by atoms with Gasteiger partial charge in [-0.2, -0.15) is 0 Å². The number of aromatic nitrogens is 1. The van der Waals surface area contributed by atoms with Gasteiger partial charge in [-0.15, -0.1) is 12.4 Å². The van der Waals surface area contributed by atoms with E-state index in [0.717, 1.165) is 5.69 Å². The first kappa shape index (κ1) is 11.3. The predicted octanol–water partition coefficient (Wildman–Crippen LogP) is 2.00. The van der Waals surface area contributed by atoms with Crippen LogP contribution in [0.2, 0.25) is 0 Å². The molecule has 0 unspecified atom stereocenters. The number of halogens is 1. The lowest BCUT2D eigenvalue weighted by molar-refractivity contribution is 0.100. The van der Waals surface area contributed by atoms with Crippen LogP contribution in [0.3, 0.4) is 0 Å². The molecule has 0 fully saturated rings. The Morgan fingerprint density at radius 1 is 1.13 bits per heavy atom. The second kappa shape index (κ2) is 4.66. The van der Waals surface area contributed by atoms with Crippen molar-refractivity contribution in [3.8, 4) is 5.69 Å². The number of nitrogens with two attached hydrogens (primary N) is 1. The molecule has 15 heavy (non-hydrogen) atoms. The molecule has 3 nitrogen and oxygen atoms in total. The van der Waals surface area contributed by atoms with Crippen molar-refractivity contribution in [2.24, 2.45) is 5.73 Å². The fraction of sp³-hybridized carbons (Fsp3) is 0. The first-order chi connectivity index (χ1) is 6.77. The van der Waals surface area contributed by atoms with Gasteiger partial charge in [-0.05, 0) is 18.2 Å². The zero-order chi connectivity index (χ0) is 9.97. The molecule has 2 N–H and O–H groups in total. The Kier molecular flexibility index (Phi) is 3.52. The van der Waals surface area contributed by atoms with Crippen molar-refractivity contribution in [3.05, 3.63) is 54.4 Å². The molecule has 0 saturated heterocycles. The molecule has 1 amide bonds. The minimum atomic E-state index is -0.403. The molecule has 2 aromatic rings. The van der Waals surface area contributed by atoms with Crippen molar-refractivity contribution in [1.82, 2.24) is 4.57 Å². The number of nitrogens with zero attached hydrogens (tertiary/aromatic N) is 1. The topological polar surface area (TPSA) is 48.0 Å². The van der Waals surface area contributed by atoms with Crippen molar-refractivity contribution in [2.75, 3.05) is 0 Å². The standard InChI is InChI=1S/C11H10N2O.ClH/c12-11(14)9-6-7-13(8-9)10-4-2-1-3-5-10;/h1-8H,(H2,12,14);1H. The minimum absolute atomic E-state index is 0. The summed E-state index contributed by atoms with van der Waals surface area (Å²) >= 11 is 0. The van der Waals surface area contributed by atoms with E-state index in [1.807, 2.05) is 41.1 Å². The quantitative estimate of drug-likeness (QED) is 0.830. The molecule has 0 saturated carbocycles.